The number of aryl methyl sites for hydroxylation is 1. The number of benzene rings is 1. The van der Waals surface area contributed by atoms with E-state index in [9.17, 15) is 0 Å². The number of nitrogens with one attached hydrogen (secondary N) is 1. The molecule has 1 aromatic rings. The fourth-order valence-corrected chi connectivity index (χ4v) is 2.44. The number of hydrogen-bond donors (Lipinski definition) is 1. The maximum Gasteiger partial charge on any atom is 0.0346 e. The van der Waals surface area contributed by atoms with Gasteiger partial charge in [-0.1, -0.05) is 57.9 Å². The van der Waals surface area contributed by atoms with Crippen molar-refractivity contribution in [1.82, 2.24) is 5.32 Å². The first-order valence-electron chi connectivity index (χ1n) is 6.52. The Bertz CT molecular complexity index is 302. The highest BCUT2D eigenvalue weighted by Crippen LogP contribution is 2.27. The second kappa shape index (κ2) is 6.70. The molecule has 0 aliphatic carbocycles. The standard InChI is InChI=1S/C15H25N/c1-5-12-9-8-10-14(11-12)15(16-4)13(6-2)7-3/h8-11,13,15-16H,5-7H2,1-4H3. The largest absolute Gasteiger partial charge is 0.313 e. The Morgan fingerprint density at radius 3 is 2.31 bits per heavy atom. The first kappa shape index (κ1) is 13.2. The lowest BCUT2D eigenvalue weighted by Gasteiger charge is -2.25. The second-order valence-corrected chi connectivity index (χ2v) is 4.44. The van der Waals surface area contributed by atoms with E-state index in [-0.39, 0.29) is 0 Å². The molecule has 0 spiro atoms. The topological polar surface area (TPSA) is 12.0 Å². The van der Waals surface area contributed by atoms with Crippen LogP contribution < -0.4 is 5.32 Å². The van der Waals surface area contributed by atoms with Crippen LogP contribution in [0.3, 0.4) is 0 Å². The molecule has 90 valence electrons. The molecule has 1 N–H and O–H groups in total. The third-order valence-electron chi connectivity index (χ3n) is 3.55. The zero-order valence-corrected chi connectivity index (χ0v) is 11.1. The first-order valence-corrected chi connectivity index (χ1v) is 6.52. The molecule has 1 atom stereocenters. The summed E-state index contributed by atoms with van der Waals surface area (Å²) < 4.78 is 0. The Kier molecular flexibility index (Phi) is 5.54. The normalized spacial score (nSPS) is 13.1. The summed E-state index contributed by atoms with van der Waals surface area (Å²) in [6.45, 7) is 6.77. The highest BCUT2D eigenvalue weighted by molar-refractivity contribution is 5.26. The van der Waals surface area contributed by atoms with E-state index < -0.39 is 0 Å². The minimum absolute atomic E-state index is 0.501. The van der Waals surface area contributed by atoms with Crippen molar-refractivity contribution < 1.29 is 0 Å². The highest BCUT2D eigenvalue weighted by Gasteiger charge is 2.18. The van der Waals surface area contributed by atoms with Crippen molar-refractivity contribution in [3.05, 3.63) is 35.4 Å². The fraction of sp³-hybridized carbons (Fsp3) is 0.600. The second-order valence-electron chi connectivity index (χ2n) is 4.44. The SMILES string of the molecule is CCc1cccc(C(NC)C(CC)CC)c1. The molecule has 0 aromatic heterocycles. The van der Waals surface area contributed by atoms with E-state index in [4.69, 9.17) is 0 Å². The predicted molar refractivity (Wildman–Crippen MR) is 71.7 cm³/mol. The Morgan fingerprint density at radius 2 is 1.81 bits per heavy atom. The summed E-state index contributed by atoms with van der Waals surface area (Å²) in [5, 5.41) is 3.47. The van der Waals surface area contributed by atoms with Crippen LogP contribution in [-0.2, 0) is 6.42 Å². The summed E-state index contributed by atoms with van der Waals surface area (Å²) in [6, 6.07) is 9.49. The molecule has 0 saturated carbocycles. The van der Waals surface area contributed by atoms with E-state index >= 15 is 0 Å². The molecule has 1 unspecified atom stereocenters. The van der Waals surface area contributed by atoms with Crippen molar-refractivity contribution in [1.29, 1.82) is 0 Å². The molecule has 1 nitrogen and oxygen atoms in total. The first-order chi connectivity index (χ1) is 7.76. The summed E-state index contributed by atoms with van der Waals surface area (Å²) in [6.07, 6.45) is 3.59. The maximum absolute atomic E-state index is 3.47. The smallest absolute Gasteiger partial charge is 0.0346 e. The number of hydrogen-bond acceptors (Lipinski definition) is 1. The Morgan fingerprint density at radius 1 is 1.12 bits per heavy atom. The average Bonchev–Trinajstić information content (AvgIpc) is 2.35. The van der Waals surface area contributed by atoms with Gasteiger partial charge in [0.2, 0.25) is 0 Å². The van der Waals surface area contributed by atoms with Gasteiger partial charge in [0.1, 0.15) is 0 Å². The van der Waals surface area contributed by atoms with Gasteiger partial charge in [0.25, 0.3) is 0 Å². The third-order valence-corrected chi connectivity index (χ3v) is 3.55. The molecular weight excluding hydrogens is 194 g/mol. The lowest BCUT2D eigenvalue weighted by Crippen LogP contribution is -2.24. The quantitative estimate of drug-likeness (QED) is 0.764. The minimum atomic E-state index is 0.501. The molecule has 1 heteroatoms. The summed E-state index contributed by atoms with van der Waals surface area (Å²) >= 11 is 0. The summed E-state index contributed by atoms with van der Waals surface area (Å²) in [4.78, 5) is 0. The van der Waals surface area contributed by atoms with Crippen LogP contribution in [-0.4, -0.2) is 7.05 Å². The molecule has 0 amide bonds. The fourth-order valence-electron chi connectivity index (χ4n) is 2.44. The van der Waals surface area contributed by atoms with Gasteiger partial charge in [0.15, 0.2) is 0 Å². The van der Waals surface area contributed by atoms with Crippen molar-refractivity contribution in [3.63, 3.8) is 0 Å². The van der Waals surface area contributed by atoms with E-state index in [0.29, 0.717) is 6.04 Å². The van der Waals surface area contributed by atoms with Gasteiger partial charge in [-0.15, -0.1) is 0 Å². The van der Waals surface area contributed by atoms with Crippen LogP contribution in [0.2, 0.25) is 0 Å². The Balaban J connectivity index is 2.93. The Hall–Kier alpha value is -0.820. The third kappa shape index (κ3) is 3.08. The zero-order chi connectivity index (χ0) is 12.0. The maximum atomic E-state index is 3.47. The van der Waals surface area contributed by atoms with Gasteiger partial charge in [-0.2, -0.15) is 0 Å². The molecule has 1 aromatic carbocycles. The highest BCUT2D eigenvalue weighted by atomic mass is 14.9. The van der Waals surface area contributed by atoms with Crippen LogP contribution in [0.1, 0.15) is 50.8 Å². The van der Waals surface area contributed by atoms with Gasteiger partial charge in [-0.25, -0.2) is 0 Å². The van der Waals surface area contributed by atoms with Crippen LogP contribution in [0.15, 0.2) is 24.3 Å². The van der Waals surface area contributed by atoms with Gasteiger partial charge in [-0.3, -0.25) is 0 Å². The molecule has 0 heterocycles. The predicted octanol–water partition coefficient (Wildman–Crippen LogP) is 3.95. The molecule has 1 rings (SSSR count). The van der Waals surface area contributed by atoms with E-state index in [1.807, 2.05) is 0 Å². The van der Waals surface area contributed by atoms with E-state index in [2.05, 4.69) is 57.4 Å². The average molecular weight is 219 g/mol. The monoisotopic (exact) mass is 219 g/mol. The molecule has 16 heavy (non-hydrogen) atoms. The number of rotatable bonds is 6. The van der Waals surface area contributed by atoms with E-state index in [1.165, 1.54) is 24.0 Å². The molecule has 0 radical (unpaired) electrons. The van der Waals surface area contributed by atoms with Gasteiger partial charge in [0, 0.05) is 6.04 Å². The lowest BCUT2D eigenvalue weighted by atomic mass is 9.88. The Labute approximate surface area is 100 Å². The summed E-state index contributed by atoms with van der Waals surface area (Å²) in [5.74, 6) is 0.733. The molecule has 0 bridgehead atoms. The van der Waals surface area contributed by atoms with Crippen molar-refractivity contribution in [2.24, 2.45) is 5.92 Å². The van der Waals surface area contributed by atoms with Crippen molar-refractivity contribution in [2.45, 2.75) is 46.1 Å². The molecular formula is C15H25N. The lowest BCUT2D eigenvalue weighted by molar-refractivity contribution is 0.359. The van der Waals surface area contributed by atoms with Crippen molar-refractivity contribution in [3.8, 4) is 0 Å². The van der Waals surface area contributed by atoms with Crippen LogP contribution in [0.5, 0.6) is 0 Å². The van der Waals surface area contributed by atoms with Crippen molar-refractivity contribution in [2.75, 3.05) is 7.05 Å². The summed E-state index contributed by atoms with van der Waals surface area (Å²) in [7, 11) is 2.07. The van der Waals surface area contributed by atoms with Gasteiger partial charge >= 0.3 is 0 Å². The van der Waals surface area contributed by atoms with Crippen LogP contribution in [0, 0.1) is 5.92 Å². The summed E-state index contributed by atoms with van der Waals surface area (Å²) in [5.41, 5.74) is 2.87. The van der Waals surface area contributed by atoms with Gasteiger partial charge in [0.05, 0.1) is 0 Å². The van der Waals surface area contributed by atoms with Crippen LogP contribution >= 0.6 is 0 Å². The van der Waals surface area contributed by atoms with E-state index in [0.717, 1.165) is 12.3 Å². The molecule has 0 saturated heterocycles. The molecule has 0 aliphatic rings. The van der Waals surface area contributed by atoms with Gasteiger partial charge in [-0.05, 0) is 30.5 Å². The van der Waals surface area contributed by atoms with E-state index in [1.54, 1.807) is 0 Å². The van der Waals surface area contributed by atoms with Gasteiger partial charge < -0.3 is 5.32 Å². The van der Waals surface area contributed by atoms with Crippen LogP contribution in [0.4, 0.5) is 0 Å². The minimum Gasteiger partial charge on any atom is -0.313 e. The van der Waals surface area contributed by atoms with Crippen molar-refractivity contribution >= 4 is 0 Å². The molecule has 0 aliphatic heterocycles. The molecule has 0 fully saturated rings. The zero-order valence-electron chi connectivity index (χ0n) is 11.1. The van der Waals surface area contributed by atoms with Crippen LogP contribution in [0.25, 0.3) is 0 Å².